The van der Waals surface area contributed by atoms with Crippen LogP contribution in [-0.4, -0.2) is 10.1 Å². The van der Waals surface area contributed by atoms with Gasteiger partial charge in [-0.25, -0.2) is 5.84 Å². The second kappa shape index (κ2) is 4.39. The fourth-order valence-electron chi connectivity index (χ4n) is 1.18. The topological polar surface area (TPSA) is 55.3 Å². The highest BCUT2D eigenvalue weighted by atomic mass is 32.1. The second-order valence-corrected chi connectivity index (χ2v) is 3.80. The summed E-state index contributed by atoms with van der Waals surface area (Å²) >= 11 is 4.75. The molecule has 0 bridgehead atoms. The molecule has 0 fully saturated rings. The highest BCUT2D eigenvalue weighted by molar-refractivity contribution is 7.80. The van der Waals surface area contributed by atoms with Crippen molar-refractivity contribution in [2.45, 2.75) is 20.4 Å². The zero-order valence-corrected chi connectivity index (χ0v) is 9.27. The van der Waals surface area contributed by atoms with Crippen LogP contribution in [0, 0.1) is 13.8 Å². The molecule has 0 amide bonds. The summed E-state index contributed by atoms with van der Waals surface area (Å²) in [4.78, 5) is 0. The number of nitrogens with zero attached hydrogens (tertiary/aromatic N) is 1. The number of hydrogen-bond donors (Lipinski definition) is 2. The first-order chi connectivity index (χ1) is 6.50. The summed E-state index contributed by atoms with van der Waals surface area (Å²) in [6, 6.07) is 6.19. The van der Waals surface area contributed by atoms with Crippen LogP contribution < -0.4 is 11.6 Å². The van der Waals surface area contributed by atoms with Gasteiger partial charge in [0.25, 0.3) is 0 Å². The van der Waals surface area contributed by atoms with Crippen LogP contribution in [0.15, 0.2) is 18.2 Å². The number of nitrogens with two attached hydrogens (primary N) is 2. The Kier molecular flexibility index (Phi) is 3.43. The summed E-state index contributed by atoms with van der Waals surface area (Å²) < 4.78 is 0. The number of aryl methyl sites for hydroxylation is 2. The van der Waals surface area contributed by atoms with E-state index in [2.05, 4.69) is 26.0 Å². The van der Waals surface area contributed by atoms with Crippen LogP contribution in [0.1, 0.15) is 16.7 Å². The maximum Gasteiger partial charge on any atom is 0.180 e. The van der Waals surface area contributed by atoms with Gasteiger partial charge in [0.2, 0.25) is 0 Å². The number of thiocarbonyl (C=S) groups is 1. The fraction of sp³-hybridized carbons (Fsp3) is 0.300. The van der Waals surface area contributed by atoms with Crippen LogP contribution in [-0.2, 0) is 6.54 Å². The molecule has 0 heterocycles. The minimum atomic E-state index is 0.211. The summed E-state index contributed by atoms with van der Waals surface area (Å²) in [6.07, 6.45) is 0. The van der Waals surface area contributed by atoms with Gasteiger partial charge in [-0.2, -0.15) is 0 Å². The monoisotopic (exact) mass is 209 g/mol. The number of hydrogen-bond acceptors (Lipinski definition) is 2. The summed E-state index contributed by atoms with van der Waals surface area (Å²) in [5, 5.41) is 1.57. The predicted molar refractivity (Wildman–Crippen MR) is 62.4 cm³/mol. The number of benzene rings is 1. The van der Waals surface area contributed by atoms with Gasteiger partial charge < -0.3 is 5.73 Å². The zero-order chi connectivity index (χ0) is 10.7. The molecule has 0 unspecified atom stereocenters. The smallest absolute Gasteiger partial charge is 0.180 e. The van der Waals surface area contributed by atoms with Crippen molar-refractivity contribution in [3.8, 4) is 0 Å². The molecule has 14 heavy (non-hydrogen) atoms. The molecule has 3 nitrogen and oxygen atoms in total. The van der Waals surface area contributed by atoms with Gasteiger partial charge in [-0.05, 0) is 42.8 Å². The Morgan fingerprint density at radius 1 is 1.36 bits per heavy atom. The molecule has 0 aliphatic carbocycles. The molecule has 4 heteroatoms. The first-order valence-electron chi connectivity index (χ1n) is 4.38. The van der Waals surface area contributed by atoms with Gasteiger partial charge in [0.15, 0.2) is 5.11 Å². The van der Waals surface area contributed by atoms with Gasteiger partial charge in [-0.3, -0.25) is 5.01 Å². The highest BCUT2D eigenvalue weighted by Gasteiger charge is 2.02. The van der Waals surface area contributed by atoms with E-state index in [4.69, 9.17) is 23.8 Å². The Hall–Kier alpha value is -1.13. The van der Waals surface area contributed by atoms with E-state index >= 15 is 0 Å². The van der Waals surface area contributed by atoms with Crippen molar-refractivity contribution in [2.24, 2.45) is 11.6 Å². The number of hydrazine groups is 1. The summed E-state index contributed by atoms with van der Waals surface area (Å²) in [7, 11) is 0. The van der Waals surface area contributed by atoms with Crippen molar-refractivity contribution in [2.75, 3.05) is 0 Å². The van der Waals surface area contributed by atoms with E-state index in [-0.39, 0.29) is 5.11 Å². The van der Waals surface area contributed by atoms with Gasteiger partial charge in [0.05, 0.1) is 6.54 Å². The van der Waals surface area contributed by atoms with Crippen molar-refractivity contribution in [3.05, 3.63) is 34.9 Å². The molecule has 0 saturated heterocycles. The van der Waals surface area contributed by atoms with E-state index in [1.165, 1.54) is 16.1 Å². The molecule has 1 aromatic carbocycles. The normalized spacial score (nSPS) is 9.93. The first kappa shape index (κ1) is 10.9. The van der Waals surface area contributed by atoms with Gasteiger partial charge >= 0.3 is 0 Å². The Balaban J connectivity index is 2.78. The van der Waals surface area contributed by atoms with Crippen molar-refractivity contribution >= 4 is 17.3 Å². The lowest BCUT2D eigenvalue weighted by Crippen LogP contribution is -2.40. The highest BCUT2D eigenvalue weighted by Crippen LogP contribution is 2.10. The van der Waals surface area contributed by atoms with Gasteiger partial charge in [-0.1, -0.05) is 18.2 Å². The van der Waals surface area contributed by atoms with Crippen LogP contribution in [0.2, 0.25) is 0 Å². The summed E-state index contributed by atoms with van der Waals surface area (Å²) in [6.45, 7) is 4.70. The first-order valence-corrected chi connectivity index (χ1v) is 4.79. The lowest BCUT2D eigenvalue weighted by Gasteiger charge is -2.16. The van der Waals surface area contributed by atoms with E-state index < -0.39 is 0 Å². The molecule has 0 aliphatic rings. The molecule has 1 aromatic rings. The molecular weight excluding hydrogens is 194 g/mol. The van der Waals surface area contributed by atoms with Crippen LogP contribution in [0.5, 0.6) is 0 Å². The average Bonchev–Trinajstić information content (AvgIpc) is 2.11. The number of rotatable bonds is 2. The van der Waals surface area contributed by atoms with Crippen molar-refractivity contribution < 1.29 is 0 Å². The molecule has 0 atom stereocenters. The molecule has 0 radical (unpaired) electrons. The molecule has 76 valence electrons. The summed E-state index contributed by atoms with van der Waals surface area (Å²) in [5.41, 5.74) is 9.02. The Morgan fingerprint density at radius 2 is 2.00 bits per heavy atom. The quantitative estimate of drug-likeness (QED) is 0.437. The van der Waals surface area contributed by atoms with Crippen LogP contribution >= 0.6 is 12.2 Å². The fourth-order valence-corrected chi connectivity index (χ4v) is 1.24. The maximum absolute atomic E-state index is 5.60. The third-order valence-electron chi connectivity index (χ3n) is 2.21. The van der Waals surface area contributed by atoms with E-state index in [0.717, 1.165) is 5.56 Å². The Labute approximate surface area is 89.7 Å². The molecule has 4 N–H and O–H groups in total. The molecule has 0 spiro atoms. The van der Waals surface area contributed by atoms with E-state index in [9.17, 15) is 0 Å². The van der Waals surface area contributed by atoms with Crippen LogP contribution in [0.4, 0.5) is 0 Å². The largest absolute Gasteiger partial charge is 0.375 e. The van der Waals surface area contributed by atoms with Gasteiger partial charge in [0.1, 0.15) is 0 Å². The van der Waals surface area contributed by atoms with Crippen LogP contribution in [0.25, 0.3) is 0 Å². The lowest BCUT2D eigenvalue weighted by molar-refractivity contribution is 0.437. The van der Waals surface area contributed by atoms with Crippen LogP contribution in [0.3, 0.4) is 0 Å². The second-order valence-electron chi connectivity index (χ2n) is 3.38. The molecule has 1 rings (SSSR count). The van der Waals surface area contributed by atoms with Crippen molar-refractivity contribution in [3.63, 3.8) is 0 Å². The Morgan fingerprint density at radius 3 is 2.50 bits per heavy atom. The van der Waals surface area contributed by atoms with Gasteiger partial charge in [0, 0.05) is 0 Å². The standard InChI is InChI=1S/C10H15N3S/c1-7-3-4-9(5-8(7)2)6-13(12)10(11)14/h3-5H,6,12H2,1-2H3,(H2,11,14). The van der Waals surface area contributed by atoms with E-state index in [1.807, 2.05) is 6.07 Å². The third kappa shape index (κ3) is 2.68. The minimum absolute atomic E-state index is 0.211. The zero-order valence-electron chi connectivity index (χ0n) is 8.45. The molecule has 0 aromatic heterocycles. The lowest BCUT2D eigenvalue weighted by atomic mass is 10.1. The SMILES string of the molecule is Cc1ccc(CN(N)C(N)=S)cc1C. The molecular formula is C10H15N3S. The van der Waals surface area contributed by atoms with E-state index in [0.29, 0.717) is 6.54 Å². The average molecular weight is 209 g/mol. The summed E-state index contributed by atoms with van der Waals surface area (Å²) in [5.74, 6) is 5.60. The van der Waals surface area contributed by atoms with Crippen molar-refractivity contribution in [1.82, 2.24) is 5.01 Å². The minimum Gasteiger partial charge on any atom is -0.375 e. The molecule has 0 saturated carbocycles. The third-order valence-corrected chi connectivity index (χ3v) is 2.44. The van der Waals surface area contributed by atoms with Gasteiger partial charge in [-0.15, -0.1) is 0 Å². The Bertz CT molecular complexity index is 349. The predicted octanol–water partition coefficient (Wildman–Crippen LogP) is 1.22. The van der Waals surface area contributed by atoms with Crippen molar-refractivity contribution in [1.29, 1.82) is 0 Å². The molecule has 0 aliphatic heterocycles. The van der Waals surface area contributed by atoms with E-state index in [1.54, 1.807) is 0 Å². The maximum atomic E-state index is 5.60.